The number of hydrogen-bond acceptors (Lipinski definition) is 3. The van der Waals surface area contributed by atoms with Crippen LogP contribution in [0.4, 0.5) is 0 Å². The van der Waals surface area contributed by atoms with Crippen molar-refractivity contribution in [3.05, 3.63) is 28.2 Å². The van der Waals surface area contributed by atoms with E-state index in [0.29, 0.717) is 0 Å². The molecule has 0 saturated carbocycles. The molecule has 0 radical (unpaired) electrons. The van der Waals surface area contributed by atoms with Crippen LogP contribution in [-0.2, 0) is 0 Å². The molecule has 0 unspecified atom stereocenters. The van der Waals surface area contributed by atoms with Crippen LogP contribution in [0, 0.1) is 0 Å². The topological polar surface area (TPSA) is 69.2 Å². The molecule has 13 heavy (non-hydrogen) atoms. The van der Waals surface area contributed by atoms with Crippen LogP contribution >= 0.6 is 31.1 Å². The van der Waals surface area contributed by atoms with E-state index in [1.165, 1.54) is 12.1 Å². The molecule has 0 amide bonds. The molecule has 0 N–H and O–H groups in total. The molecular formula is C6H3CaCl2O3P. The fourth-order valence-corrected chi connectivity index (χ4v) is 2.01. The van der Waals surface area contributed by atoms with Gasteiger partial charge >= 0.3 is 37.7 Å². The van der Waals surface area contributed by atoms with Gasteiger partial charge in [-0.1, -0.05) is 23.2 Å². The molecule has 0 saturated heterocycles. The van der Waals surface area contributed by atoms with Gasteiger partial charge in [0.25, 0.3) is 0 Å². The van der Waals surface area contributed by atoms with Crippen LogP contribution in [0.25, 0.3) is 0 Å². The average Bonchev–Trinajstić information content (AvgIpc) is 1.92. The minimum atomic E-state index is -4.80. The minimum absolute atomic E-state index is 0. The van der Waals surface area contributed by atoms with E-state index in [0.717, 1.165) is 6.07 Å². The molecule has 0 aromatic heterocycles. The zero-order valence-electron chi connectivity index (χ0n) is 6.37. The standard InChI is InChI=1S/C6H5Cl2O3P.Ca/c7-4-1-2-5(8)6(3-4)12(9,10)11;/h1-3H,(H2,9,10,11);/q;+2/p-2. The fraction of sp³-hybridized carbons (Fsp3) is 0. The van der Waals surface area contributed by atoms with Crippen LogP contribution < -0.4 is 20.0 Å². The molecule has 0 fully saturated rings. The molecule has 0 spiro atoms. The maximum Gasteiger partial charge on any atom is 2.00 e. The summed E-state index contributed by atoms with van der Waals surface area (Å²) >= 11 is 10.9. The predicted octanol–water partition coefficient (Wildman–Crippen LogP) is -0.919. The van der Waals surface area contributed by atoms with Gasteiger partial charge in [0.2, 0.25) is 0 Å². The zero-order chi connectivity index (χ0) is 9.35. The summed E-state index contributed by atoms with van der Waals surface area (Å²) in [6.07, 6.45) is 0. The molecule has 0 bridgehead atoms. The summed E-state index contributed by atoms with van der Waals surface area (Å²) in [4.78, 5) is 31.6. The normalized spacial score (nSPS) is 10.8. The van der Waals surface area contributed by atoms with Gasteiger partial charge in [-0.3, -0.25) is 0 Å². The monoisotopic (exact) mass is 264 g/mol. The molecule has 0 heterocycles. The number of benzene rings is 1. The SMILES string of the molecule is [Ca+2].[O-][P+]([O-])([O-])c1cc(Cl)ccc1Cl. The first-order valence-electron chi connectivity index (χ1n) is 2.89. The Kier molecular flexibility index (Phi) is 6.03. The predicted molar refractivity (Wildman–Crippen MR) is 48.8 cm³/mol. The van der Waals surface area contributed by atoms with Crippen molar-refractivity contribution in [3.8, 4) is 0 Å². The van der Waals surface area contributed by atoms with Gasteiger partial charge in [-0.25, -0.2) is 0 Å². The largest absolute Gasteiger partial charge is 2.00 e. The van der Waals surface area contributed by atoms with Crippen LogP contribution in [-0.4, -0.2) is 37.7 Å². The summed E-state index contributed by atoms with van der Waals surface area (Å²) in [6, 6.07) is 3.70. The van der Waals surface area contributed by atoms with E-state index in [1.54, 1.807) is 0 Å². The van der Waals surface area contributed by atoms with E-state index in [9.17, 15) is 14.7 Å². The van der Waals surface area contributed by atoms with E-state index < -0.39 is 13.2 Å². The second-order valence-corrected chi connectivity index (χ2v) is 4.41. The molecule has 1 aromatic carbocycles. The first-order valence-corrected chi connectivity index (χ1v) is 5.19. The third-order valence-corrected chi connectivity index (χ3v) is 2.86. The summed E-state index contributed by atoms with van der Waals surface area (Å²) in [6.45, 7) is 0. The van der Waals surface area contributed by atoms with Crippen LogP contribution in [0.5, 0.6) is 0 Å². The van der Waals surface area contributed by atoms with Crippen LogP contribution in [0.15, 0.2) is 18.2 Å². The smallest absolute Gasteiger partial charge is 0.683 e. The molecule has 0 aliphatic heterocycles. The Morgan fingerprint density at radius 3 is 2.00 bits per heavy atom. The molecule has 0 aliphatic rings. The van der Waals surface area contributed by atoms with Crippen molar-refractivity contribution in [2.75, 3.05) is 0 Å². The van der Waals surface area contributed by atoms with Crippen LogP contribution in [0.2, 0.25) is 10.0 Å². The molecule has 0 aliphatic carbocycles. The third-order valence-electron chi connectivity index (χ3n) is 1.20. The van der Waals surface area contributed by atoms with E-state index in [1.807, 2.05) is 0 Å². The molecule has 66 valence electrons. The maximum atomic E-state index is 10.5. The number of halogens is 2. The van der Waals surface area contributed by atoms with Crippen molar-refractivity contribution >= 4 is 74.2 Å². The summed E-state index contributed by atoms with van der Waals surface area (Å²) in [5.74, 6) is 0. The van der Waals surface area contributed by atoms with Gasteiger partial charge in [-0.2, -0.15) is 0 Å². The number of hydrogen-bond donors (Lipinski definition) is 0. The fourth-order valence-electron chi connectivity index (χ4n) is 0.696. The van der Waals surface area contributed by atoms with E-state index in [4.69, 9.17) is 23.2 Å². The zero-order valence-corrected chi connectivity index (χ0v) is 11.0. The maximum absolute atomic E-state index is 10.5. The Hall–Kier alpha value is 1.37. The van der Waals surface area contributed by atoms with E-state index >= 15 is 0 Å². The van der Waals surface area contributed by atoms with Crippen molar-refractivity contribution in [1.29, 1.82) is 0 Å². The van der Waals surface area contributed by atoms with Crippen LogP contribution in [0.3, 0.4) is 0 Å². The Bertz CT molecular complexity index is 302. The second-order valence-electron chi connectivity index (χ2n) is 2.09. The Labute approximate surface area is 116 Å². The van der Waals surface area contributed by atoms with Gasteiger partial charge in [0.1, 0.15) is 0 Å². The first-order chi connectivity index (χ1) is 5.41. The molecular weight excluding hydrogens is 262 g/mol. The summed E-state index contributed by atoms with van der Waals surface area (Å²) in [5, 5.41) is -0.397. The van der Waals surface area contributed by atoms with Crippen molar-refractivity contribution in [3.63, 3.8) is 0 Å². The van der Waals surface area contributed by atoms with Gasteiger partial charge in [-0.15, -0.1) is 7.94 Å². The van der Waals surface area contributed by atoms with Crippen molar-refractivity contribution in [2.24, 2.45) is 0 Å². The quantitative estimate of drug-likeness (QED) is 0.487. The van der Waals surface area contributed by atoms with Crippen LogP contribution in [0.1, 0.15) is 0 Å². The van der Waals surface area contributed by atoms with Gasteiger partial charge in [0.15, 0.2) is 0 Å². The molecule has 3 nitrogen and oxygen atoms in total. The second kappa shape index (κ2) is 5.45. The minimum Gasteiger partial charge on any atom is -0.683 e. The average molecular weight is 265 g/mol. The van der Waals surface area contributed by atoms with Crippen molar-refractivity contribution < 1.29 is 14.7 Å². The molecule has 1 aromatic rings. The van der Waals surface area contributed by atoms with Gasteiger partial charge in [0.05, 0.1) is 10.3 Å². The molecule has 7 heteroatoms. The van der Waals surface area contributed by atoms with Gasteiger partial charge in [-0.05, 0) is 18.2 Å². The summed E-state index contributed by atoms with van der Waals surface area (Å²) in [5.41, 5.74) is 0. The summed E-state index contributed by atoms with van der Waals surface area (Å²) < 4.78 is 0. The van der Waals surface area contributed by atoms with Gasteiger partial charge in [0, 0.05) is 5.02 Å². The van der Waals surface area contributed by atoms with Crippen molar-refractivity contribution in [1.82, 2.24) is 0 Å². The Morgan fingerprint density at radius 2 is 1.62 bits per heavy atom. The van der Waals surface area contributed by atoms with E-state index in [2.05, 4.69) is 0 Å². The molecule has 0 atom stereocenters. The Balaban J connectivity index is 0.00000144. The van der Waals surface area contributed by atoms with Crippen molar-refractivity contribution in [2.45, 2.75) is 0 Å². The first kappa shape index (κ1) is 14.4. The van der Waals surface area contributed by atoms with Gasteiger partial charge < -0.3 is 14.7 Å². The number of rotatable bonds is 1. The van der Waals surface area contributed by atoms with E-state index in [-0.39, 0.29) is 47.8 Å². The summed E-state index contributed by atoms with van der Waals surface area (Å²) in [7, 11) is -4.80. The molecule has 1 rings (SSSR count). The Morgan fingerprint density at radius 1 is 1.08 bits per heavy atom. The third kappa shape index (κ3) is 4.17.